The summed E-state index contributed by atoms with van der Waals surface area (Å²) in [6.07, 6.45) is 4.77. The molecule has 0 aliphatic heterocycles. The van der Waals surface area contributed by atoms with Gasteiger partial charge in [0, 0.05) is 10.2 Å². The molecule has 0 aliphatic carbocycles. The van der Waals surface area contributed by atoms with Crippen molar-refractivity contribution in [2.75, 3.05) is 5.33 Å². The van der Waals surface area contributed by atoms with E-state index >= 15 is 0 Å². The fraction of sp³-hybridized carbons (Fsp3) is 0.857. The number of alkyl halides is 2. The van der Waals surface area contributed by atoms with Crippen molar-refractivity contribution in [3.63, 3.8) is 0 Å². The van der Waals surface area contributed by atoms with Crippen LogP contribution in [0.5, 0.6) is 0 Å². The Morgan fingerprint density at radius 2 is 2.00 bits per heavy atom. The van der Waals surface area contributed by atoms with Crippen LogP contribution >= 0.6 is 31.9 Å². The Labute approximate surface area is 74.7 Å². The van der Waals surface area contributed by atoms with E-state index in [1.807, 2.05) is 0 Å². The van der Waals surface area contributed by atoms with Gasteiger partial charge in [0.2, 0.25) is 0 Å². The first-order valence-corrected chi connectivity index (χ1v) is 5.34. The highest BCUT2D eigenvalue weighted by Gasteiger charge is 1.99. The second-order valence-corrected chi connectivity index (χ2v) is 4.16. The van der Waals surface area contributed by atoms with E-state index in [2.05, 4.69) is 38.8 Å². The topological polar surface area (TPSA) is 0 Å². The molecule has 1 atom stereocenters. The second kappa shape index (κ2) is 7.07. The summed E-state index contributed by atoms with van der Waals surface area (Å²) in [7, 11) is 0. The molecule has 0 aliphatic rings. The number of hydrogen-bond acceptors (Lipinski definition) is 0. The van der Waals surface area contributed by atoms with Gasteiger partial charge in [0.25, 0.3) is 0 Å². The molecule has 0 saturated carbocycles. The Hall–Kier alpha value is 0.960. The molecule has 1 radical (unpaired) electrons. The van der Waals surface area contributed by atoms with E-state index < -0.39 is 0 Å². The Morgan fingerprint density at radius 1 is 1.33 bits per heavy atom. The molecular weight excluding hydrogens is 244 g/mol. The van der Waals surface area contributed by atoms with Gasteiger partial charge in [-0.15, -0.1) is 0 Å². The smallest absolute Gasteiger partial charge is 0.0146 e. The van der Waals surface area contributed by atoms with Crippen LogP contribution in [0.15, 0.2) is 0 Å². The van der Waals surface area contributed by atoms with Crippen molar-refractivity contribution in [2.24, 2.45) is 0 Å². The monoisotopic (exact) mass is 255 g/mol. The zero-order chi connectivity index (χ0) is 7.11. The normalized spacial score (nSPS) is 13.7. The van der Waals surface area contributed by atoms with E-state index in [1.54, 1.807) is 0 Å². The minimum Gasteiger partial charge on any atom is -0.0928 e. The SMILES string of the molecule is [CH2]CCC(Br)CCCBr. The molecule has 0 saturated heterocycles. The Kier molecular flexibility index (Phi) is 7.83. The van der Waals surface area contributed by atoms with E-state index in [-0.39, 0.29) is 0 Å². The molecule has 0 aromatic rings. The van der Waals surface area contributed by atoms with E-state index in [1.165, 1.54) is 19.3 Å². The zero-order valence-electron chi connectivity index (χ0n) is 5.58. The molecule has 55 valence electrons. The average molecular weight is 257 g/mol. The van der Waals surface area contributed by atoms with Gasteiger partial charge in [-0.3, -0.25) is 0 Å². The highest BCUT2D eigenvalue weighted by atomic mass is 79.9. The maximum Gasteiger partial charge on any atom is 0.0146 e. The minimum atomic E-state index is 0.688. The third-order valence-electron chi connectivity index (χ3n) is 1.17. The first kappa shape index (κ1) is 9.96. The van der Waals surface area contributed by atoms with E-state index in [9.17, 15) is 0 Å². The first-order valence-electron chi connectivity index (χ1n) is 3.30. The van der Waals surface area contributed by atoms with E-state index in [0.29, 0.717) is 4.83 Å². The van der Waals surface area contributed by atoms with E-state index in [4.69, 9.17) is 0 Å². The van der Waals surface area contributed by atoms with Crippen molar-refractivity contribution >= 4 is 31.9 Å². The molecular formula is C7H13Br2. The highest BCUT2D eigenvalue weighted by Crippen LogP contribution is 2.14. The second-order valence-electron chi connectivity index (χ2n) is 2.07. The van der Waals surface area contributed by atoms with Crippen LogP contribution in [0.2, 0.25) is 0 Å². The lowest BCUT2D eigenvalue weighted by molar-refractivity contribution is 0.706. The molecule has 0 spiro atoms. The van der Waals surface area contributed by atoms with Crippen LogP contribution in [0.4, 0.5) is 0 Å². The molecule has 0 aromatic carbocycles. The number of rotatable bonds is 5. The van der Waals surface area contributed by atoms with Crippen molar-refractivity contribution in [2.45, 2.75) is 30.5 Å². The lowest BCUT2D eigenvalue weighted by atomic mass is 10.2. The van der Waals surface area contributed by atoms with Gasteiger partial charge >= 0.3 is 0 Å². The van der Waals surface area contributed by atoms with Crippen molar-refractivity contribution in [1.82, 2.24) is 0 Å². The summed E-state index contributed by atoms with van der Waals surface area (Å²) in [5, 5.41) is 1.12. The molecule has 0 heterocycles. The highest BCUT2D eigenvalue weighted by molar-refractivity contribution is 9.09. The fourth-order valence-corrected chi connectivity index (χ4v) is 1.64. The summed E-state index contributed by atoms with van der Waals surface area (Å²) in [5.41, 5.74) is 0. The molecule has 0 fully saturated rings. The van der Waals surface area contributed by atoms with Crippen molar-refractivity contribution in [3.05, 3.63) is 6.92 Å². The molecule has 0 bridgehead atoms. The van der Waals surface area contributed by atoms with Crippen LogP contribution in [0.1, 0.15) is 25.7 Å². The number of halogens is 2. The van der Waals surface area contributed by atoms with Gasteiger partial charge in [0.1, 0.15) is 0 Å². The van der Waals surface area contributed by atoms with Crippen LogP contribution in [0.25, 0.3) is 0 Å². The molecule has 9 heavy (non-hydrogen) atoms. The van der Waals surface area contributed by atoms with E-state index in [0.717, 1.165) is 11.8 Å². The lowest BCUT2D eigenvalue weighted by Gasteiger charge is -2.04. The average Bonchev–Trinajstić information content (AvgIpc) is 1.85. The minimum absolute atomic E-state index is 0.688. The maximum atomic E-state index is 3.79. The summed E-state index contributed by atoms with van der Waals surface area (Å²) in [5.74, 6) is 0. The third kappa shape index (κ3) is 6.85. The molecule has 0 aromatic heterocycles. The van der Waals surface area contributed by atoms with Gasteiger partial charge in [-0.2, -0.15) is 0 Å². The van der Waals surface area contributed by atoms with Crippen molar-refractivity contribution in [3.8, 4) is 0 Å². The predicted molar refractivity (Wildman–Crippen MR) is 50.3 cm³/mol. The standard InChI is InChI=1S/C7H13Br2/c1-2-4-7(9)5-3-6-8/h7H,1-6H2. The fourth-order valence-electron chi connectivity index (χ4n) is 0.664. The molecule has 2 heteroatoms. The molecule has 0 amide bonds. The van der Waals surface area contributed by atoms with Crippen molar-refractivity contribution in [1.29, 1.82) is 0 Å². The number of hydrogen-bond donors (Lipinski definition) is 0. The van der Waals surface area contributed by atoms with Gasteiger partial charge in [-0.1, -0.05) is 45.2 Å². The third-order valence-corrected chi connectivity index (χ3v) is 2.64. The van der Waals surface area contributed by atoms with Gasteiger partial charge in [0.05, 0.1) is 0 Å². The Morgan fingerprint density at radius 3 is 2.44 bits per heavy atom. The van der Waals surface area contributed by atoms with Crippen LogP contribution < -0.4 is 0 Å². The Balaban J connectivity index is 2.95. The summed E-state index contributed by atoms with van der Waals surface area (Å²) < 4.78 is 0. The largest absolute Gasteiger partial charge is 0.0928 e. The summed E-state index contributed by atoms with van der Waals surface area (Å²) >= 11 is 6.97. The summed E-state index contributed by atoms with van der Waals surface area (Å²) in [6, 6.07) is 0. The van der Waals surface area contributed by atoms with Gasteiger partial charge in [-0.25, -0.2) is 0 Å². The van der Waals surface area contributed by atoms with Crippen LogP contribution in [0, 0.1) is 6.92 Å². The van der Waals surface area contributed by atoms with Crippen LogP contribution in [-0.2, 0) is 0 Å². The molecule has 1 unspecified atom stereocenters. The predicted octanol–water partition coefficient (Wildman–Crippen LogP) is 3.54. The van der Waals surface area contributed by atoms with Gasteiger partial charge in [0.15, 0.2) is 0 Å². The van der Waals surface area contributed by atoms with Crippen molar-refractivity contribution < 1.29 is 0 Å². The zero-order valence-corrected chi connectivity index (χ0v) is 8.75. The Bertz CT molecular complexity index is 54.9. The molecule has 0 nitrogen and oxygen atoms in total. The maximum absolute atomic E-state index is 3.79. The van der Waals surface area contributed by atoms with Crippen LogP contribution in [0.3, 0.4) is 0 Å². The quantitative estimate of drug-likeness (QED) is 0.661. The lowest BCUT2D eigenvalue weighted by Crippen LogP contribution is -1.96. The summed E-state index contributed by atoms with van der Waals surface area (Å²) in [4.78, 5) is 0.688. The molecule has 0 N–H and O–H groups in total. The van der Waals surface area contributed by atoms with Gasteiger partial charge in [-0.05, 0) is 19.3 Å². The molecule has 0 rings (SSSR count). The summed E-state index contributed by atoms with van der Waals surface area (Å²) in [6.45, 7) is 3.79. The van der Waals surface area contributed by atoms with Gasteiger partial charge < -0.3 is 0 Å². The first-order chi connectivity index (χ1) is 4.31. The van der Waals surface area contributed by atoms with Crippen LogP contribution in [-0.4, -0.2) is 10.2 Å².